The Morgan fingerprint density at radius 3 is 2.27 bits per heavy atom. The molecule has 1 aliphatic heterocycles. The van der Waals surface area contributed by atoms with Gasteiger partial charge in [0.1, 0.15) is 12.3 Å². The number of hydrogen-bond donors (Lipinski definition) is 1. The molecule has 0 aromatic carbocycles. The lowest BCUT2D eigenvalue weighted by Gasteiger charge is -2.36. The van der Waals surface area contributed by atoms with Gasteiger partial charge in [0, 0.05) is 38.8 Å². The van der Waals surface area contributed by atoms with E-state index in [9.17, 15) is 24.3 Å². The van der Waals surface area contributed by atoms with E-state index >= 15 is 0 Å². The first-order valence-corrected chi connectivity index (χ1v) is 9.35. The number of ketones is 1. The Hall–Kier alpha value is -1.76. The first kappa shape index (κ1) is 20.6. The molecule has 2 aliphatic rings. The third kappa shape index (κ3) is 4.69. The highest BCUT2D eigenvalue weighted by Crippen LogP contribution is 2.35. The fraction of sp³-hybridized carbons (Fsp3) is 0.789. The zero-order valence-corrected chi connectivity index (χ0v) is 16.1. The van der Waals surface area contributed by atoms with Gasteiger partial charge in [0.2, 0.25) is 17.7 Å². The van der Waals surface area contributed by atoms with Crippen LogP contribution in [0.3, 0.4) is 0 Å². The number of carbonyl (C=O) groups is 4. The Morgan fingerprint density at radius 2 is 1.73 bits per heavy atom. The molecule has 146 valence electrons. The molecule has 1 aliphatic carbocycles. The van der Waals surface area contributed by atoms with E-state index in [-0.39, 0.29) is 61.1 Å². The molecule has 2 fully saturated rings. The fourth-order valence-electron chi connectivity index (χ4n) is 4.13. The highest BCUT2D eigenvalue weighted by atomic mass is 16.3. The van der Waals surface area contributed by atoms with Crippen LogP contribution >= 0.6 is 0 Å². The van der Waals surface area contributed by atoms with Crippen molar-refractivity contribution in [3.05, 3.63) is 0 Å². The number of piperidine rings is 1. The summed E-state index contributed by atoms with van der Waals surface area (Å²) >= 11 is 0. The topological polar surface area (TPSA) is 95.0 Å². The van der Waals surface area contributed by atoms with Crippen LogP contribution in [-0.4, -0.2) is 65.2 Å². The molecule has 0 bridgehead atoms. The number of likely N-dealkylation sites (N-methyl/N-ethyl adjacent to an activating group) is 1. The molecule has 0 radical (unpaired) electrons. The first-order valence-electron chi connectivity index (χ1n) is 9.35. The summed E-state index contributed by atoms with van der Waals surface area (Å²) in [6, 6.07) is 0. The monoisotopic (exact) mass is 366 g/mol. The SMILES string of the molecule is CC1CC(C)C(=O)C(C(O)CC2CC(=O)N(CC(=O)N(C)C)C(=O)C2)C1. The van der Waals surface area contributed by atoms with Gasteiger partial charge in [0.05, 0.1) is 6.10 Å². The minimum Gasteiger partial charge on any atom is -0.392 e. The molecule has 1 saturated heterocycles. The predicted molar refractivity (Wildman–Crippen MR) is 94.8 cm³/mol. The van der Waals surface area contributed by atoms with E-state index < -0.39 is 12.0 Å². The molecule has 0 aromatic rings. The van der Waals surface area contributed by atoms with E-state index in [1.54, 1.807) is 14.1 Å². The second-order valence-corrected chi connectivity index (χ2v) is 8.23. The van der Waals surface area contributed by atoms with Gasteiger partial charge in [-0.05, 0) is 31.1 Å². The van der Waals surface area contributed by atoms with Gasteiger partial charge >= 0.3 is 0 Å². The first-order chi connectivity index (χ1) is 12.1. The molecule has 1 saturated carbocycles. The van der Waals surface area contributed by atoms with Crippen molar-refractivity contribution in [2.75, 3.05) is 20.6 Å². The van der Waals surface area contributed by atoms with Crippen LogP contribution in [0.15, 0.2) is 0 Å². The molecule has 2 rings (SSSR count). The molecule has 4 atom stereocenters. The lowest BCUT2D eigenvalue weighted by atomic mass is 9.71. The second kappa shape index (κ2) is 8.29. The van der Waals surface area contributed by atoms with Gasteiger partial charge in [-0.15, -0.1) is 0 Å². The number of aliphatic hydroxyl groups excluding tert-OH is 1. The predicted octanol–water partition coefficient (Wildman–Crippen LogP) is 0.842. The van der Waals surface area contributed by atoms with Gasteiger partial charge in [0.15, 0.2) is 0 Å². The quantitative estimate of drug-likeness (QED) is 0.728. The molecule has 4 unspecified atom stereocenters. The number of nitrogens with zero attached hydrogens (tertiary/aromatic N) is 2. The highest BCUT2D eigenvalue weighted by Gasteiger charge is 2.40. The van der Waals surface area contributed by atoms with Gasteiger partial charge in [-0.3, -0.25) is 24.1 Å². The molecule has 0 aromatic heterocycles. The summed E-state index contributed by atoms with van der Waals surface area (Å²) in [5.41, 5.74) is 0. The van der Waals surface area contributed by atoms with E-state index in [4.69, 9.17) is 0 Å². The average molecular weight is 366 g/mol. The zero-order chi connectivity index (χ0) is 19.6. The second-order valence-electron chi connectivity index (χ2n) is 8.23. The molecular weight excluding hydrogens is 336 g/mol. The molecule has 7 nitrogen and oxygen atoms in total. The number of imide groups is 1. The lowest BCUT2D eigenvalue weighted by Crippen LogP contribution is -2.48. The molecule has 26 heavy (non-hydrogen) atoms. The number of amides is 3. The summed E-state index contributed by atoms with van der Waals surface area (Å²) in [7, 11) is 3.15. The van der Waals surface area contributed by atoms with Crippen molar-refractivity contribution in [1.82, 2.24) is 9.80 Å². The fourth-order valence-corrected chi connectivity index (χ4v) is 4.13. The summed E-state index contributed by atoms with van der Waals surface area (Å²) in [5.74, 6) is -1.35. The maximum Gasteiger partial charge on any atom is 0.242 e. The summed E-state index contributed by atoms with van der Waals surface area (Å²) in [5, 5.41) is 10.6. The number of likely N-dealkylation sites (tertiary alicyclic amines) is 1. The smallest absolute Gasteiger partial charge is 0.242 e. The van der Waals surface area contributed by atoms with E-state index in [1.807, 2.05) is 6.92 Å². The average Bonchev–Trinajstić information content (AvgIpc) is 2.53. The van der Waals surface area contributed by atoms with E-state index in [0.717, 1.165) is 11.3 Å². The van der Waals surface area contributed by atoms with Gasteiger partial charge in [-0.25, -0.2) is 0 Å². The Balaban J connectivity index is 1.95. The number of rotatable bonds is 5. The van der Waals surface area contributed by atoms with Gasteiger partial charge in [0.25, 0.3) is 0 Å². The minimum absolute atomic E-state index is 0.0550. The molecule has 0 spiro atoms. The molecular formula is C19H30N2O5. The van der Waals surface area contributed by atoms with Crippen LogP contribution in [0.25, 0.3) is 0 Å². The van der Waals surface area contributed by atoms with Crippen molar-refractivity contribution in [3.8, 4) is 0 Å². The maximum absolute atomic E-state index is 12.4. The summed E-state index contributed by atoms with van der Waals surface area (Å²) in [6.45, 7) is 3.73. The third-order valence-electron chi connectivity index (χ3n) is 5.62. The summed E-state index contributed by atoms with van der Waals surface area (Å²) in [6.07, 6.45) is 1.18. The number of carbonyl (C=O) groups excluding carboxylic acids is 4. The van der Waals surface area contributed by atoms with Gasteiger partial charge in [-0.2, -0.15) is 0 Å². The Labute approximate surface area is 154 Å². The van der Waals surface area contributed by atoms with E-state index in [0.29, 0.717) is 12.3 Å². The summed E-state index contributed by atoms with van der Waals surface area (Å²) < 4.78 is 0. The minimum atomic E-state index is -0.826. The standard InChI is InChI=1S/C19H30N2O5/c1-11-5-12(2)19(26)14(6-11)15(22)7-13-8-16(23)21(17(24)9-13)10-18(25)20(3)4/h11-15,22H,5-10H2,1-4H3. The Bertz CT molecular complexity index is 570. The van der Waals surface area contributed by atoms with Crippen molar-refractivity contribution in [3.63, 3.8) is 0 Å². The van der Waals surface area contributed by atoms with Crippen molar-refractivity contribution in [1.29, 1.82) is 0 Å². The van der Waals surface area contributed by atoms with Gasteiger partial charge in [-0.1, -0.05) is 13.8 Å². The van der Waals surface area contributed by atoms with Crippen molar-refractivity contribution in [2.24, 2.45) is 23.7 Å². The van der Waals surface area contributed by atoms with Crippen LogP contribution in [0.5, 0.6) is 0 Å². The van der Waals surface area contributed by atoms with Crippen molar-refractivity contribution < 1.29 is 24.3 Å². The maximum atomic E-state index is 12.4. The van der Waals surface area contributed by atoms with E-state index in [1.165, 1.54) is 4.90 Å². The van der Waals surface area contributed by atoms with Crippen molar-refractivity contribution in [2.45, 2.75) is 52.1 Å². The largest absolute Gasteiger partial charge is 0.392 e. The van der Waals surface area contributed by atoms with Gasteiger partial charge < -0.3 is 10.0 Å². The number of hydrogen-bond acceptors (Lipinski definition) is 5. The van der Waals surface area contributed by atoms with Crippen LogP contribution in [0.1, 0.15) is 46.0 Å². The van der Waals surface area contributed by atoms with Crippen LogP contribution in [-0.2, 0) is 19.2 Å². The normalized spacial score (nSPS) is 29.0. The van der Waals surface area contributed by atoms with Crippen molar-refractivity contribution >= 4 is 23.5 Å². The van der Waals surface area contributed by atoms with Crippen LogP contribution in [0.4, 0.5) is 0 Å². The highest BCUT2D eigenvalue weighted by molar-refractivity contribution is 6.01. The van der Waals surface area contributed by atoms with Crippen LogP contribution in [0.2, 0.25) is 0 Å². The summed E-state index contributed by atoms with van der Waals surface area (Å²) in [4.78, 5) is 51.1. The lowest BCUT2D eigenvalue weighted by molar-refractivity contribution is -0.154. The number of Topliss-reactive ketones (excluding diaryl/α,β-unsaturated/α-hetero) is 1. The molecule has 1 heterocycles. The van der Waals surface area contributed by atoms with E-state index in [2.05, 4.69) is 6.92 Å². The number of aliphatic hydroxyl groups is 1. The molecule has 7 heteroatoms. The third-order valence-corrected chi connectivity index (χ3v) is 5.62. The van der Waals surface area contributed by atoms with Crippen LogP contribution in [0, 0.1) is 23.7 Å². The zero-order valence-electron chi connectivity index (χ0n) is 16.1. The van der Waals surface area contributed by atoms with Crippen LogP contribution < -0.4 is 0 Å². The Kier molecular flexibility index (Phi) is 6.55. The molecule has 3 amide bonds. The molecule has 1 N–H and O–H groups in total. The Morgan fingerprint density at radius 1 is 1.15 bits per heavy atom.